The van der Waals surface area contributed by atoms with E-state index in [1.54, 1.807) is 12.4 Å². The molecule has 2 aromatic heterocycles. The molecule has 0 atom stereocenters. The summed E-state index contributed by atoms with van der Waals surface area (Å²) in [7, 11) is 0. The van der Waals surface area contributed by atoms with Gasteiger partial charge in [-0.1, -0.05) is 0 Å². The fraction of sp³-hybridized carbons (Fsp3) is 0.222. The minimum atomic E-state index is 0.577. The second-order valence-corrected chi connectivity index (χ2v) is 3.15. The molecule has 2 rings (SSSR count). The summed E-state index contributed by atoms with van der Waals surface area (Å²) in [5, 5.41) is 9.64. The molecule has 0 unspecified atom stereocenters. The lowest BCUT2D eigenvalue weighted by Crippen LogP contribution is -2.03. The van der Waals surface area contributed by atoms with Gasteiger partial charge in [-0.2, -0.15) is 5.10 Å². The predicted octanol–water partition coefficient (Wildman–Crippen LogP) is 0.702. The molecule has 0 saturated heterocycles. The molecule has 0 saturated carbocycles. The summed E-state index contributed by atoms with van der Waals surface area (Å²) in [5.41, 5.74) is 6.57. The van der Waals surface area contributed by atoms with Gasteiger partial charge < -0.3 is 11.1 Å². The number of rotatable bonds is 3. The topological polar surface area (TPSA) is 92.5 Å². The van der Waals surface area contributed by atoms with Crippen molar-refractivity contribution in [3.8, 4) is 0 Å². The first kappa shape index (κ1) is 9.45. The Labute approximate surface area is 86.9 Å². The van der Waals surface area contributed by atoms with E-state index in [0.29, 0.717) is 12.4 Å². The number of nitrogen functional groups attached to an aromatic ring is 1. The van der Waals surface area contributed by atoms with Crippen molar-refractivity contribution in [1.82, 2.24) is 20.2 Å². The summed E-state index contributed by atoms with van der Waals surface area (Å²) in [6.07, 6.45) is 3.40. The van der Waals surface area contributed by atoms with Crippen LogP contribution in [-0.4, -0.2) is 20.2 Å². The molecule has 0 aromatic carbocycles. The van der Waals surface area contributed by atoms with Crippen molar-refractivity contribution in [1.29, 1.82) is 0 Å². The van der Waals surface area contributed by atoms with Crippen LogP contribution >= 0.6 is 0 Å². The van der Waals surface area contributed by atoms with E-state index in [4.69, 9.17) is 5.73 Å². The third-order valence-electron chi connectivity index (χ3n) is 1.99. The van der Waals surface area contributed by atoms with Crippen LogP contribution in [-0.2, 0) is 6.54 Å². The number of aromatic nitrogens is 4. The lowest BCUT2D eigenvalue weighted by Gasteiger charge is -2.04. The molecule has 0 radical (unpaired) electrons. The lowest BCUT2D eigenvalue weighted by molar-refractivity contribution is 1.02. The zero-order valence-corrected chi connectivity index (χ0v) is 8.36. The molecule has 15 heavy (non-hydrogen) atoms. The molecule has 2 heterocycles. The molecule has 0 aliphatic rings. The maximum absolute atomic E-state index is 5.64. The quantitative estimate of drug-likeness (QED) is 0.684. The van der Waals surface area contributed by atoms with E-state index in [-0.39, 0.29) is 0 Å². The summed E-state index contributed by atoms with van der Waals surface area (Å²) in [4.78, 5) is 8.22. The minimum absolute atomic E-state index is 0.577. The van der Waals surface area contributed by atoms with Crippen LogP contribution in [0.15, 0.2) is 18.5 Å². The SMILES string of the molecule is Cc1nccc(NCc2cn[nH]c2N)n1. The van der Waals surface area contributed by atoms with Gasteiger partial charge >= 0.3 is 0 Å². The van der Waals surface area contributed by atoms with E-state index in [9.17, 15) is 0 Å². The molecule has 0 spiro atoms. The molecule has 4 N–H and O–H groups in total. The molecule has 6 nitrogen and oxygen atoms in total. The Hall–Kier alpha value is -2.11. The molecule has 6 heteroatoms. The van der Waals surface area contributed by atoms with Gasteiger partial charge in [0.2, 0.25) is 0 Å². The molecule has 0 bridgehead atoms. The van der Waals surface area contributed by atoms with E-state index in [1.807, 2.05) is 13.0 Å². The van der Waals surface area contributed by atoms with Gasteiger partial charge in [-0.25, -0.2) is 9.97 Å². The van der Waals surface area contributed by atoms with Crippen LogP contribution in [0.1, 0.15) is 11.4 Å². The molecular weight excluding hydrogens is 192 g/mol. The van der Waals surface area contributed by atoms with E-state index >= 15 is 0 Å². The number of aromatic amines is 1. The van der Waals surface area contributed by atoms with Crippen LogP contribution in [0.2, 0.25) is 0 Å². The van der Waals surface area contributed by atoms with Crippen LogP contribution in [0.3, 0.4) is 0 Å². The van der Waals surface area contributed by atoms with Crippen LogP contribution in [0.5, 0.6) is 0 Å². The molecule has 78 valence electrons. The third-order valence-corrected chi connectivity index (χ3v) is 1.99. The van der Waals surface area contributed by atoms with Gasteiger partial charge in [0.05, 0.1) is 6.20 Å². The van der Waals surface area contributed by atoms with Crippen molar-refractivity contribution in [3.05, 3.63) is 29.8 Å². The summed E-state index contributed by atoms with van der Waals surface area (Å²) >= 11 is 0. The molecule has 0 aliphatic carbocycles. The van der Waals surface area contributed by atoms with Crippen LogP contribution in [0.25, 0.3) is 0 Å². The first-order chi connectivity index (χ1) is 7.25. The highest BCUT2D eigenvalue weighted by Gasteiger charge is 2.01. The Morgan fingerprint density at radius 3 is 3.07 bits per heavy atom. The Balaban J connectivity index is 2.02. The van der Waals surface area contributed by atoms with Crippen LogP contribution in [0, 0.1) is 6.92 Å². The lowest BCUT2D eigenvalue weighted by atomic mass is 10.3. The zero-order chi connectivity index (χ0) is 10.7. The van der Waals surface area contributed by atoms with Gasteiger partial charge in [-0.3, -0.25) is 5.10 Å². The van der Waals surface area contributed by atoms with Crippen molar-refractivity contribution in [2.45, 2.75) is 13.5 Å². The Bertz CT molecular complexity index is 449. The van der Waals surface area contributed by atoms with Gasteiger partial charge in [0, 0.05) is 18.3 Å². The molecule has 0 fully saturated rings. The Morgan fingerprint density at radius 1 is 1.53 bits per heavy atom. The van der Waals surface area contributed by atoms with Gasteiger partial charge in [0.25, 0.3) is 0 Å². The fourth-order valence-corrected chi connectivity index (χ4v) is 1.20. The summed E-state index contributed by atoms with van der Waals surface area (Å²) in [6.45, 7) is 2.44. The normalized spacial score (nSPS) is 10.2. The fourth-order valence-electron chi connectivity index (χ4n) is 1.20. The molecular formula is C9H12N6. The number of hydrogen-bond donors (Lipinski definition) is 3. The largest absolute Gasteiger partial charge is 0.384 e. The van der Waals surface area contributed by atoms with Gasteiger partial charge in [0.15, 0.2) is 0 Å². The second-order valence-electron chi connectivity index (χ2n) is 3.15. The first-order valence-electron chi connectivity index (χ1n) is 4.57. The van der Waals surface area contributed by atoms with Crippen LogP contribution < -0.4 is 11.1 Å². The molecule has 0 aliphatic heterocycles. The number of nitrogens with one attached hydrogen (secondary N) is 2. The Kier molecular flexibility index (Phi) is 2.49. The number of hydrogen-bond acceptors (Lipinski definition) is 5. The van der Waals surface area contributed by atoms with Crippen LogP contribution in [0.4, 0.5) is 11.6 Å². The van der Waals surface area contributed by atoms with Crippen molar-refractivity contribution in [2.75, 3.05) is 11.1 Å². The van der Waals surface area contributed by atoms with E-state index in [1.165, 1.54) is 0 Å². The standard InChI is InChI=1S/C9H12N6/c1-6-11-3-2-8(14-6)12-4-7-5-13-15-9(7)10/h2-3,5H,4H2,1H3,(H3,10,13,15)(H,11,12,14). The van der Waals surface area contributed by atoms with Gasteiger partial charge in [0.1, 0.15) is 17.5 Å². The monoisotopic (exact) mass is 204 g/mol. The average molecular weight is 204 g/mol. The minimum Gasteiger partial charge on any atom is -0.384 e. The summed E-state index contributed by atoms with van der Waals surface area (Å²) < 4.78 is 0. The van der Waals surface area contributed by atoms with Gasteiger partial charge in [-0.05, 0) is 13.0 Å². The highest BCUT2D eigenvalue weighted by Crippen LogP contribution is 2.09. The number of anilines is 2. The van der Waals surface area contributed by atoms with E-state index in [2.05, 4.69) is 25.5 Å². The maximum Gasteiger partial charge on any atom is 0.129 e. The number of aryl methyl sites for hydroxylation is 1. The predicted molar refractivity (Wildman–Crippen MR) is 57.1 cm³/mol. The van der Waals surface area contributed by atoms with Crippen molar-refractivity contribution in [3.63, 3.8) is 0 Å². The van der Waals surface area contributed by atoms with E-state index in [0.717, 1.165) is 17.2 Å². The Morgan fingerprint density at radius 2 is 2.40 bits per heavy atom. The number of nitrogens with zero attached hydrogens (tertiary/aromatic N) is 3. The van der Waals surface area contributed by atoms with Crippen molar-refractivity contribution in [2.24, 2.45) is 0 Å². The van der Waals surface area contributed by atoms with Crippen molar-refractivity contribution < 1.29 is 0 Å². The van der Waals surface area contributed by atoms with Crippen molar-refractivity contribution >= 4 is 11.6 Å². The summed E-state index contributed by atoms with van der Waals surface area (Å²) in [5.74, 6) is 2.09. The molecule has 2 aromatic rings. The highest BCUT2D eigenvalue weighted by atomic mass is 15.1. The average Bonchev–Trinajstić information content (AvgIpc) is 2.61. The zero-order valence-electron chi connectivity index (χ0n) is 8.36. The van der Waals surface area contributed by atoms with E-state index < -0.39 is 0 Å². The smallest absolute Gasteiger partial charge is 0.129 e. The number of H-pyrrole nitrogens is 1. The third kappa shape index (κ3) is 2.22. The first-order valence-corrected chi connectivity index (χ1v) is 4.57. The summed E-state index contributed by atoms with van der Waals surface area (Å²) in [6, 6.07) is 1.81. The second kappa shape index (κ2) is 3.95. The number of nitrogens with two attached hydrogens (primary N) is 1. The highest BCUT2D eigenvalue weighted by molar-refractivity contribution is 5.41. The van der Waals surface area contributed by atoms with Gasteiger partial charge in [-0.15, -0.1) is 0 Å². The maximum atomic E-state index is 5.64. The molecule has 0 amide bonds.